The molecule has 0 saturated carbocycles. The topological polar surface area (TPSA) is 29.1 Å². The molecule has 1 aromatic carbocycles. The van der Waals surface area contributed by atoms with Crippen LogP contribution in [0.4, 0.5) is 4.39 Å². The van der Waals surface area contributed by atoms with Gasteiger partial charge in [0, 0.05) is 12.6 Å². The summed E-state index contributed by atoms with van der Waals surface area (Å²) < 4.78 is 13.0. The summed E-state index contributed by atoms with van der Waals surface area (Å²) in [4.78, 5) is 11.0. The molecule has 3 heteroatoms. The summed E-state index contributed by atoms with van der Waals surface area (Å²) in [7, 11) is 1.48. The number of amides is 1. The first kappa shape index (κ1) is 9.27. The van der Waals surface area contributed by atoms with E-state index in [4.69, 9.17) is 6.42 Å². The standard InChI is InChI=1S/C10H8FNO/c1-3-7-4-5-8(6-9(7)11)10(13)12-2/h1,4-6H,2H3,(H,12,13). The Bertz CT molecular complexity index is 379. The minimum atomic E-state index is -0.552. The van der Waals surface area contributed by atoms with Gasteiger partial charge < -0.3 is 5.32 Å². The highest BCUT2D eigenvalue weighted by molar-refractivity contribution is 5.94. The van der Waals surface area contributed by atoms with Crippen LogP contribution in [0.5, 0.6) is 0 Å². The van der Waals surface area contributed by atoms with E-state index >= 15 is 0 Å². The van der Waals surface area contributed by atoms with E-state index in [2.05, 4.69) is 11.2 Å². The van der Waals surface area contributed by atoms with Gasteiger partial charge in [-0.2, -0.15) is 0 Å². The highest BCUT2D eigenvalue weighted by atomic mass is 19.1. The zero-order chi connectivity index (χ0) is 9.84. The van der Waals surface area contributed by atoms with Crippen LogP contribution >= 0.6 is 0 Å². The lowest BCUT2D eigenvalue weighted by Crippen LogP contribution is -2.17. The molecule has 0 fully saturated rings. The summed E-state index contributed by atoms with van der Waals surface area (Å²) in [5.41, 5.74) is 0.423. The maximum absolute atomic E-state index is 13.0. The van der Waals surface area contributed by atoms with Crippen molar-refractivity contribution >= 4 is 5.91 Å². The number of halogens is 1. The second-order valence-corrected chi connectivity index (χ2v) is 2.42. The maximum atomic E-state index is 13.0. The van der Waals surface area contributed by atoms with Crippen LogP contribution in [0.3, 0.4) is 0 Å². The molecule has 1 rings (SSSR count). The van der Waals surface area contributed by atoms with Gasteiger partial charge in [0.1, 0.15) is 5.82 Å². The molecule has 13 heavy (non-hydrogen) atoms. The molecule has 66 valence electrons. The Hall–Kier alpha value is -1.82. The molecule has 1 N–H and O–H groups in total. The van der Waals surface area contributed by atoms with Crippen LogP contribution in [-0.4, -0.2) is 13.0 Å². The van der Waals surface area contributed by atoms with E-state index in [0.717, 1.165) is 6.07 Å². The fourth-order valence-electron chi connectivity index (χ4n) is 0.918. The Morgan fingerprint density at radius 1 is 1.62 bits per heavy atom. The Labute approximate surface area is 75.8 Å². The van der Waals surface area contributed by atoms with Crippen LogP contribution < -0.4 is 5.32 Å². The Kier molecular flexibility index (Phi) is 2.65. The van der Waals surface area contributed by atoms with Gasteiger partial charge in [-0.25, -0.2) is 4.39 Å². The number of carbonyl (C=O) groups excluding carboxylic acids is 1. The van der Waals surface area contributed by atoms with Crippen molar-refractivity contribution in [3.05, 3.63) is 35.1 Å². The van der Waals surface area contributed by atoms with Gasteiger partial charge in [-0.1, -0.05) is 5.92 Å². The third kappa shape index (κ3) is 1.85. The number of terminal acetylenes is 1. The highest BCUT2D eigenvalue weighted by Crippen LogP contribution is 2.08. The van der Waals surface area contributed by atoms with Crippen LogP contribution in [-0.2, 0) is 0 Å². The average molecular weight is 177 g/mol. The van der Waals surface area contributed by atoms with Gasteiger partial charge in [0.05, 0.1) is 5.56 Å². The summed E-state index contributed by atoms with van der Waals surface area (Å²) in [5, 5.41) is 2.39. The fraction of sp³-hybridized carbons (Fsp3) is 0.100. The predicted molar refractivity (Wildman–Crippen MR) is 47.7 cm³/mol. The Morgan fingerprint density at radius 2 is 2.31 bits per heavy atom. The van der Waals surface area contributed by atoms with Crippen molar-refractivity contribution in [1.82, 2.24) is 5.32 Å². The molecule has 1 amide bonds. The van der Waals surface area contributed by atoms with Gasteiger partial charge in [0.2, 0.25) is 0 Å². The second kappa shape index (κ2) is 3.72. The zero-order valence-electron chi connectivity index (χ0n) is 7.10. The molecular weight excluding hydrogens is 169 g/mol. The molecule has 0 spiro atoms. The molecule has 0 aliphatic heterocycles. The molecule has 0 bridgehead atoms. The lowest BCUT2D eigenvalue weighted by molar-refractivity contribution is 0.0962. The predicted octanol–water partition coefficient (Wildman–Crippen LogP) is 1.17. The van der Waals surface area contributed by atoms with Crippen molar-refractivity contribution in [1.29, 1.82) is 0 Å². The van der Waals surface area contributed by atoms with Gasteiger partial charge in [-0.05, 0) is 18.2 Å². The highest BCUT2D eigenvalue weighted by Gasteiger charge is 2.06. The van der Waals surface area contributed by atoms with Gasteiger partial charge in [0.25, 0.3) is 5.91 Å². The van der Waals surface area contributed by atoms with Crippen LogP contribution in [0.2, 0.25) is 0 Å². The summed E-state index contributed by atoms with van der Waals surface area (Å²) in [6.07, 6.45) is 5.02. The summed E-state index contributed by atoms with van der Waals surface area (Å²) in [5.74, 6) is 1.29. The molecular formula is C10H8FNO. The first-order chi connectivity index (χ1) is 6.19. The summed E-state index contributed by atoms with van der Waals surface area (Å²) >= 11 is 0. The van der Waals surface area contributed by atoms with Crippen molar-refractivity contribution in [2.24, 2.45) is 0 Å². The van der Waals surface area contributed by atoms with E-state index in [1.165, 1.54) is 19.2 Å². The van der Waals surface area contributed by atoms with E-state index in [1.54, 1.807) is 0 Å². The molecule has 0 aliphatic rings. The molecule has 0 saturated heterocycles. The lowest BCUT2D eigenvalue weighted by Gasteiger charge is -2.00. The summed E-state index contributed by atoms with van der Waals surface area (Å²) in [6.45, 7) is 0. The smallest absolute Gasteiger partial charge is 0.251 e. The molecule has 1 aromatic rings. The lowest BCUT2D eigenvalue weighted by atomic mass is 10.1. The third-order valence-electron chi connectivity index (χ3n) is 1.61. The molecule has 2 nitrogen and oxygen atoms in total. The van der Waals surface area contributed by atoms with Crippen molar-refractivity contribution < 1.29 is 9.18 Å². The van der Waals surface area contributed by atoms with Crippen molar-refractivity contribution in [3.8, 4) is 12.3 Å². The van der Waals surface area contributed by atoms with E-state index in [1.807, 2.05) is 0 Å². The molecule has 0 unspecified atom stereocenters. The van der Waals surface area contributed by atoms with Crippen molar-refractivity contribution in [3.63, 3.8) is 0 Å². The van der Waals surface area contributed by atoms with E-state index in [-0.39, 0.29) is 17.0 Å². The minimum Gasteiger partial charge on any atom is -0.355 e. The number of benzene rings is 1. The Morgan fingerprint density at radius 3 is 2.77 bits per heavy atom. The maximum Gasteiger partial charge on any atom is 0.251 e. The largest absolute Gasteiger partial charge is 0.355 e. The first-order valence-electron chi connectivity index (χ1n) is 3.67. The van der Waals surface area contributed by atoms with Gasteiger partial charge in [0.15, 0.2) is 0 Å². The number of nitrogens with one attached hydrogen (secondary N) is 1. The number of rotatable bonds is 1. The monoisotopic (exact) mass is 177 g/mol. The zero-order valence-corrected chi connectivity index (χ0v) is 7.10. The average Bonchev–Trinajstić information content (AvgIpc) is 2.16. The normalized spacial score (nSPS) is 9.00. The van der Waals surface area contributed by atoms with Crippen molar-refractivity contribution in [2.45, 2.75) is 0 Å². The molecule has 0 aliphatic carbocycles. The second-order valence-electron chi connectivity index (χ2n) is 2.42. The van der Waals surface area contributed by atoms with E-state index in [0.29, 0.717) is 0 Å². The molecule has 0 atom stereocenters. The minimum absolute atomic E-state index is 0.160. The number of hydrogen-bond acceptors (Lipinski definition) is 1. The van der Waals surface area contributed by atoms with Crippen LogP contribution in [0.1, 0.15) is 15.9 Å². The quantitative estimate of drug-likeness (QED) is 0.641. The van der Waals surface area contributed by atoms with Gasteiger partial charge >= 0.3 is 0 Å². The molecule has 0 radical (unpaired) electrons. The number of carbonyl (C=O) groups is 1. The first-order valence-corrected chi connectivity index (χ1v) is 3.67. The fourth-order valence-corrected chi connectivity index (χ4v) is 0.918. The Balaban J connectivity index is 3.11. The molecule has 0 aromatic heterocycles. The summed E-state index contributed by atoms with van der Waals surface area (Å²) in [6, 6.07) is 4.00. The van der Waals surface area contributed by atoms with E-state index < -0.39 is 5.82 Å². The SMILES string of the molecule is C#Cc1ccc(C(=O)NC)cc1F. The van der Waals surface area contributed by atoms with Crippen molar-refractivity contribution in [2.75, 3.05) is 7.05 Å². The van der Waals surface area contributed by atoms with E-state index in [9.17, 15) is 9.18 Å². The third-order valence-corrected chi connectivity index (χ3v) is 1.61. The number of hydrogen-bond donors (Lipinski definition) is 1. The van der Waals surface area contributed by atoms with Crippen LogP contribution in [0.25, 0.3) is 0 Å². The van der Waals surface area contributed by atoms with Crippen LogP contribution in [0, 0.1) is 18.2 Å². The molecule has 0 heterocycles. The van der Waals surface area contributed by atoms with Gasteiger partial charge in [-0.3, -0.25) is 4.79 Å². The van der Waals surface area contributed by atoms with Gasteiger partial charge in [-0.15, -0.1) is 6.42 Å². The van der Waals surface area contributed by atoms with Crippen LogP contribution in [0.15, 0.2) is 18.2 Å².